The van der Waals surface area contributed by atoms with E-state index in [1.54, 1.807) is 7.11 Å². The molecule has 0 radical (unpaired) electrons. The van der Waals surface area contributed by atoms with Crippen LogP contribution >= 0.6 is 0 Å². The largest absolute Gasteiger partial charge is 0.383 e. The summed E-state index contributed by atoms with van der Waals surface area (Å²) in [6, 6.07) is 0.143. The summed E-state index contributed by atoms with van der Waals surface area (Å²) in [5, 5.41) is 3.33. The van der Waals surface area contributed by atoms with E-state index in [2.05, 4.69) is 24.1 Å². The molecule has 0 aromatic heterocycles. The van der Waals surface area contributed by atoms with Crippen molar-refractivity contribution in [3.63, 3.8) is 0 Å². The Labute approximate surface area is 128 Å². The van der Waals surface area contributed by atoms with Crippen LogP contribution in [-0.4, -0.2) is 87.9 Å². The van der Waals surface area contributed by atoms with E-state index in [-0.39, 0.29) is 11.9 Å². The fourth-order valence-corrected chi connectivity index (χ4v) is 2.46. The number of likely N-dealkylation sites (N-methyl/N-ethyl adjacent to an activating group) is 1. The number of hydrogen-bond donors (Lipinski definition) is 1. The van der Waals surface area contributed by atoms with Crippen molar-refractivity contribution in [2.45, 2.75) is 26.3 Å². The molecule has 1 heterocycles. The summed E-state index contributed by atoms with van der Waals surface area (Å²) < 4.78 is 10.5. The lowest BCUT2D eigenvalue weighted by Crippen LogP contribution is -2.47. The van der Waals surface area contributed by atoms with Gasteiger partial charge in [-0.2, -0.15) is 0 Å². The van der Waals surface area contributed by atoms with Crippen LogP contribution in [0, 0.1) is 0 Å². The maximum atomic E-state index is 12.5. The van der Waals surface area contributed by atoms with Gasteiger partial charge >= 0.3 is 0 Å². The van der Waals surface area contributed by atoms with Crippen molar-refractivity contribution in [2.24, 2.45) is 0 Å². The van der Waals surface area contributed by atoms with Crippen LogP contribution in [0.2, 0.25) is 0 Å². The normalized spacial score (nSPS) is 19.0. The van der Waals surface area contributed by atoms with Crippen molar-refractivity contribution >= 4 is 5.91 Å². The molecule has 1 aliphatic heterocycles. The van der Waals surface area contributed by atoms with Gasteiger partial charge in [-0.1, -0.05) is 13.8 Å². The van der Waals surface area contributed by atoms with Crippen molar-refractivity contribution < 1.29 is 14.3 Å². The highest BCUT2D eigenvalue weighted by Crippen LogP contribution is 2.04. The Kier molecular flexibility index (Phi) is 9.58. The topological polar surface area (TPSA) is 54.0 Å². The smallest absolute Gasteiger partial charge is 0.224 e. The van der Waals surface area contributed by atoms with Crippen LogP contribution in [0.4, 0.5) is 0 Å². The van der Waals surface area contributed by atoms with Crippen LogP contribution in [0.3, 0.4) is 0 Å². The van der Waals surface area contributed by atoms with E-state index in [0.29, 0.717) is 26.2 Å². The van der Waals surface area contributed by atoms with Crippen molar-refractivity contribution in [3.05, 3.63) is 0 Å². The second-order valence-electron chi connectivity index (χ2n) is 5.33. The molecule has 1 amide bonds. The quantitative estimate of drug-likeness (QED) is 0.624. The van der Waals surface area contributed by atoms with Crippen LogP contribution in [0.5, 0.6) is 0 Å². The van der Waals surface area contributed by atoms with Gasteiger partial charge in [0.25, 0.3) is 0 Å². The summed E-state index contributed by atoms with van der Waals surface area (Å²) in [6.45, 7) is 11.4. The van der Waals surface area contributed by atoms with Crippen LogP contribution in [0.15, 0.2) is 0 Å². The highest BCUT2D eigenvalue weighted by Gasteiger charge is 2.21. The van der Waals surface area contributed by atoms with Gasteiger partial charge in [-0.3, -0.25) is 4.79 Å². The maximum absolute atomic E-state index is 12.5. The number of rotatable bonds is 10. The highest BCUT2D eigenvalue weighted by molar-refractivity contribution is 5.76. The molecule has 6 nitrogen and oxygen atoms in total. The molecule has 0 aromatic carbocycles. The summed E-state index contributed by atoms with van der Waals surface area (Å²) in [4.78, 5) is 16.7. The molecule has 124 valence electrons. The van der Waals surface area contributed by atoms with E-state index in [1.807, 2.05) is 4.90 Å². The Morgan fingerprint density at radius 1 is 1.29 bits per heavy atom. The molecule has 1 N–H and O–H groups in total. The Bertz CT molecular complexity index is 279. The number of nitrogens with one attached hydrogen (secondary N) is 1. The van der Waals surface area contributed by atoms with Crippen molar-refractivity contribution in [1.29, 1.82) is 0 Å². The van der Waals surface area contributed by atoms with Gasteiger partial charge in [0.1, 0.15) is 0 Å². The Morgan fingerprint density at radius 2 is 2.05 bits per heavy atom. The maximum Gasteiger partial charge on any atom is 0.224 e. The molecule has 1 saturated heterocycles. The van der Waals surface area contributed by atoms with Crippen LogP contribution in [0.25, 0.3) is 0 Å². The Balaban J connectivity index is 2.43. The van der Waals surface area contributed by atoms with Crippen LogP contribution in [0.1, 0.15) is 20.3 Å². The molecule has 1 aliphatic rings. The number of carbonyl (C=O) groups is 1. The lowest BCUT2D eigenvalue weighted by atomic mass is 10.2. The van der Waals surface area contributed by atoms with Gasteiger partial charge in [0.15, 0.2) is 0 Å². The average Bonchev–Trinajstić information content (AvgIpc) is 2.52. The highest BCUT2D eigenvalue weighted by atomic mass is 16.5. The molecule has 6 heteroatoms. The van der Waals surface area contributed by atoms with E-state index >= 15 is 0 Å². The SMILES string of the molecule is CCN(CC)CCN(CCOC)C(=O)CC1COCCN1. The molecular weight excluding hydrogens is 270 g/mol. The molecular formula is C15H31N3O3. The molecule has 0 aliphatic carbocycles. The van der Waals surface area contributed by atoms with Gasteiger partial charge in [-0.15, -0.1) is 0 Å². The second-order valence-corrected chi connectivity index (χ2v) is 5.33. The minimum Gasteiger partial charge on any atom is -0.383 e. The minimum absolute atomic E-state index is 0.143. The number of ether oxygens (including phenoxy) is 2. The number of amides is 1. The first-order chi connectivity index (χ1) is 10.2. The van der Waals surface area contributed by atoms with Crippen molar-refractivity contribution in [1.82, 2.24) is 15.1 Å². The van der Waals surface area contributed by atoms with Crippen molar-refractivity contribution in [2.75, 3.05) is 66.2 Å². The molecule has 0 aromatic rings. The number of carbonyl (C=O) groups excluding carboxylic acids is 1. The van der Waals surface area contributed by atoms with E-state index in [1.165, 1.54) is 0 Å². The van der Waals surface area contributed by atoms with Gasteiger partial charge in [0.05, 0.1) is 19.8 Å². The summed E-state index contributed by atoms with van der Waals surface area (Å²) in [6.07, 6.45) is 0.502. The zero-order valence-corrected chi connectivity index (χ0v) is 13.8. The van der Waals surface area contributed by atoms with E-state index in [4.69, 9.17) is 9.47 Å². The number of hydrogen-bond acceptors (Lipinski definition) is 5. The number of morpholine rings is 1. The van der Waals surface area contributed by atoms with Gasteiger partial charge < -0.3 is 24.6 Å². The number of nitrogens with zero attached hydrogens (tertiary/aromatic N) is 2. The van der Waals surface area contributed by atoms with Crippen LogP contribution in [-0.2, 0) is 14.3 Å². The molecule has 0 saturated carbocycles. The Morgan fingerprint density at radius 3 is 2.62 bits per heavy atom. The Hall–Kier alpha value is -0.690. The minimum atomic E-state index is 0.143. The molecule has 1 unspecified atom stereocenters. The summed E-state index contributed by atoms with van der Waals surface area (Å²) in [5.41, 5.74) is 0. The molecule has 0 bridgehead atoms. The lowest BCUT2D eigenvalue weighted by Gasteiger charge is -2.29. The molecule has 1 fully saturated rings. The van der Waals surface area contributed by atoms with E-state index in [9.17, 15) is 4.79 Å². The first kappa shape index (κ1) is 18.4. The summed E-state index contributed by atoms with van der Waals surface area (Å²) in [7, 11) is 1.67. The average molecular weight is 301 g/mol. The number of methoxy groups -OCH3 is 1. The van der Waals surface area contributed by atoms with Crippen LogP contribution < -0.4 is 5.32 Å². The molecule has 0 spiro atoms. The lowest BCUT2D eigenvalue weighted by molar-refractivity contribution is -0.133. The fraction of sp³-hybridized carbons (Fsp3) is 0.933. The fourth-order valence-electron chi connectivity index (χ4n) is 2.46. The molecule has 1 atom stereocenters. The molecule has 21 heavy (non-hydrogen) atoms. The van der Waals surface area contributed by atoms with Gasteiger partial charge in [-0.05, 0) is 13.1 Å². The predicted octanol–water partition coefficient (Wildman–Crippen LogP) is 0.182. The third-order valence-corrected chi connectivity index (χ3v) is 3.92. The van der Waals surface area contributed by atoms with Gasteiger partial charge in [-0.25, -0.2) is 0 Å². The first-order valence-electron chi connectivity index (χ1n) is 8.01. The van der Waals surface area contributed by atoms with Gasteiger partial charge in [0.2, 0.25) is 5.91 Å². The predicted molar refractivity (Wildman–Crippen MR) is 83.5 cm³/mol. The van der Waals surface area contributed by atoms with Crippen molar-refractivity contribution in [3.8, 4) is 0 Å². The van der Waals surface area contributed by atoms with E-state index in [0.717, 1.165) is 39.3 Å². The summed E-state index contributed by atoms with van der Waals surface area (Å²) in [5.74, 6) is 0.183. The first-order valence-corrected chi connectivity index (χ1v) is 8.01. The summed E-state index contributed by atoms with van der Waals surface area (Å²) >= 11 is 0. The van der Waals surface area contributed by atoms with Gasteiger partial charge in [0, 0.05) is 45.8 Å². The standard InChI is InChI=1S/C15H31N3O3/c1-4-17(5-2)7-8-18(9-11-20-3)15(19)12-14-13-21-10-6-16-14/h14,16H,4-13H2,1-3H3. The zero-order valence-electron chi connectivity index (χ0n) is 13.8. The monoisotopic (exact) mass is 301 g/mol. The third-order valence-electron chi connectivity index (χ3n) is 3.92. The van der Waals surface area contributed by atoms with E-state index < -0.39 is 0 Å². The third kappa shape index (κ3) is 7.22. The second kappa shape index (κ2) is 11.0. The zero-order chi connectivity index (χ0) is 15.5. The molecule has 1 rings (SSSR count).